The van der Waals surface area contributed by atoms with Crippen LogP contribution in [0, 0.1) is 13.8 Å². The van der Waals surface area contributed by atoms with Crippen LogP contribution < -0.4 is 0 Å². The molecule has 0 heterocycles. The van der Waals surface area contributed by atoms with Crippen LogP contribution in [0.3, 0.4) is 0 Å². The first kappa shape index (κ1) is 9.97. The molecule has 0 aromatic rings. The summed E-state index contributed by atoms with van der Waals surface area (Å²) in [7, 11) is 0. The third kappa shape index (κ3) is 1.68. The van der Waals surface area contributed by atoms with Crippen LogP contribution >= 0.6 is 0 Å². The minimum atomic E-state index is 1.12. The zero-order chi connectivity index (χ0) is 11.0. The molecule has 0 nitrogen and oxygen atoms in total. The van der Waals surface area contributed by atoms with Crippen LogP contribution in [0.25, 0.3) is 16.7 Å². The summed E-state index contributed by atoms with van der Waals surface area (Å²) in [6, 6.07) is 10.9. The van der Waals surface area contributed by atoms with Crippen molar-refractivity contribution in [1.82, 2.24) is 0 Å². The quantitative estimate of drug-likeness (QED) is 0.632. The summed E-state index contributed by atoms with van der Waals surface area (Å²) in [5.41, 5.74) is 7.70. The predicted octanol–water partition coefficient (Wildman–Crippen LogP) is 4.44. The van der Waals surface area contributed by atoms with Crippen molar-refractivity contribution in [3.63, 3.8) is 0 Å². The van der Waals surface area contributed by atoms with Crippen LogP contribution in [0.2, 0.25) is 0 Å². The standard InChI is InChI=1S/C15H16/c1-10(2)13-7-5-11(3)14-8-6-12(4)15(14)9-13/h5-9H,1H2,2-4H3. The van der Waals surface area contributed by atoms with Crippen molar-refractivity contribution in [2.45, 2.75) is 20.8 Å². The average Bonchev–Trinajstić information content (AvgIpc) is 2.43. The molecule has 2 aliphatic rings. The van der Waals surface area contributed by atoms with E-state index in [4.69, 9.17) is 0 Å². The monoisotopic (exact) mass is 196 g/mol. The summed E-state index contributed by atoms with van der Waals surface area (Å²) in [5.74, 6) is 0. The fourth-order valence-electron chi connectivity index (χ4n) is 1.91. The van der Waals surface area contributed by atoms with E-state index in [0.29, 0.717) is 0 Å². The van der Waals surface area contributed by atoms with Crippen LogP contribution in [-0.2, 0) is 0 Å². The number of hydrogen-bond donors (Lipinski definition) is 0. The Morgan fingerprint density at radius 2 is 1.53 bits per heavy atom. The van der Waals surface area contributed by atoms with Crippen LogP contribution in [0.1, 0.15) is 23.6 Å². The molecule has 0 heteroatoms. The van der Waals surface area contributed by atoms with Crippen LogP contribution in [0.15, 0.2) is 36.9 Å². The molecule has 76 valence electrons. The van der Waals surface area contributed by atoms with Crippen molar-refractivity contribution >= 4 is 5.57 Å². The van der Waals surface area contributed by atoms with Gasteiger partial charge in [0.05, 0.1) is 0 Å². The Bertz CT molecular complexity index is 492. The van der Waals surface area contributed by atoms with Crippen molar-refractivity contribution < 1.29 is 0 Å². The molecule has 0 unspecified atom stereocenters. The Labute approximate surface area is 91.6 Å². The molecule has 0 radical (unpaired) electrons. The second-order valence-corrected chi connectivity index (χ2v) is 4.24. The lowest BCUT2D eigenvalue weighted by Gasteiger charge is -1.99. The lowest BCUT2D eigenvalue weighted by Crippen LogP contribution is -1.76. The Morgan fingerprint density at radius 3 is 2.20 bits per heavy atom. The molecular formula is C15H16. The van der Waals surface area contributed by atoms with Gasteiger partial charge in [-0.2, -0.15) is 0 Å². The Kier molecular flexibility index (Phi) is 2.36. The lowest BCUT2D eigenvalue weighted by atomic mass is 10.1. The smallest absolute Gasteiger partial charge is 0.0146 e. The topological polar surface area (TPSA) is 0 Å². The van der Waals surface area contributed by atoms with E-state index >= 15 is 0 Å². The van der Waals surface area contributed by atoms with Gasteiger partial charge >= 0.3 is 0 Å². The highest BCUT2D eigenvalue weighted by molar-refractivity contribution is 5.77. The molecule has 0 saturated carbocycles. The third-order valence-corrected chi connectivity index (χ3v) is 2.95. The van der Waals surface area contributed by atoms with Gasteiger partial charge in [-0.1, -0.05) is 36.4 Å². The van der Waals surface area contributed by atoms with Crippen molar-refractivity contribution in [3.05, 3.63) is 53.6 Å². The molecule has 0 aromatic heterocycles. The first-order chi connectivity index (χ1) is 7.09. The minimum absolute atomic E-state index is 1.12. The largest absolute Gasteiger partial charge is 0.0955 e. The van der Waals surface area contributed by atoms with Gasteiger partial charge in [0.15, 0.2) is 0 Å². The van der Waals surface area contributed by atoms with Gasteiger partial charge in [-0.15, -0.1) is 0 Å². The summed E-state index contributed by atoms with van der Waals surface area (Å²) >= 11 is 0. The predicted molar refractivity (Wildman–Crippen MR) is 67.2 cm³/mol. The molecule has 0 amide bonds. The summed E-state index contributed by atoms with van der Waals surface area (Å²) in [6.45, 7) is 10.4. The third-order valence-electron chi connectivity index (χ3n) is 2.95. The molecule has 0 spiro atoms. The summed E-state index contributed by atoms with van der Waals surface area (Å²) < 4.78 is 0. The van der Waals surface area contributed by atoms with Gasteiger partial charge in [0.25, 0.3) is 0 Å². The van der Waals surface area contributed by atoms with E-state index in [1.807, 2.05) is 0 Å². The summed E-state index contributed by atoms with van der Waals surface area (Å²) in [4.78, 5) is 0. The van der Waals surface area contributed by atoms with Crippen molar-refractivity contribution in [3.8, 4) is 11.1 Å². The van der Waals surface area contributed by atoms with Crippen LogP contribution in [-0.4, -0.2) is 0 Å². The maximum absolute atomic E-state index is 4.00. The second-order valence-electron chi connectivity index (χ2n) is 4.24. The lowest BCUT2D eigenvalue weighted by molar-refractivity contribution is 1.50. The second kappa shape index (κ2) is 3.54. The Balaban J connectivity index is 2.77. The van der Waals surface area contributed by atoms with Crippen molar-refractivity contribution in [2.75, 3.05) is 0 Å². The van der Waals surface area contributed by atoms with Crippen molar-refractivity contribution in [2.24, 2.45) is 0 Å². The summed E-state index contributed by atoms with van der Waals surface area (Å²) in [6.07, 6.45) is 0. The molecule has 2 aliphatic carbocycles. The fraction of sp³-hybridized carbons (Fsp3) is 0.200. The molecule has 15 heavy (non-hydrogen) atoms. The highest BCUT2D eigenvalue weighted by Crippen LogP contribution is 2.31. The van der Waals surface area contributed by atoms with Crippen molar-refractivity contribution in [1.29, 1.82) is 0 Å². The SMILES string of the molecule is C=C(C)c1ccc(C)c2ccc(C)c-2c1. The highest BCUT2D eigenvalue weighted by Gasteiger charge is 2.08. The van der Waals surface area contributed by atoms with Gasteiger partial charge in [0.2, 0.25) is 0 Å². The molecule has 0 atom stereocenters. The molecule has 0 fully saturated rings. The van der Waals surface area contributed by atoms with Gasteiger partial charge < -0.3 is 0 Å². The number of hydrogen-bond acceptors (Lipinski definition) is 0. The fourth-order valence-corrected chi connectivity index (χ4v) is 1.91. The minimum Gasteiger partial charge on any atom is -0.0955 e. The number of fused-ring (bicyclic) bond motifs is 1. The maximum Gasteiger partial charge on any atom is -0.0146 e. The molecule has 2 rings (SSSR count). The Hall–Kier alpha value is -1.56. The zero-order valence-corrected chi connectivity index (χ0v) is 9.59. The van der Waals surface area contributed by atoms with E-state index in [1.54, 1.807) is 0 Å². The summed E-state index contributed by atoms with van der Waals surface area (Å²) in [5, 5.41) is 0. The van der Waals surface area contributed by atoms with Crippen LogP contribution in [0.5, 0.6) is 0 Å². The first-order valence-electron chi connectivity index (χ1n) is 5.25. The van der Waals surface area contributed by atoms with E-state index in [9.17, 15) is 0 Å². The first-order valence-corrected chi connectivity index (χ1v) is 5.25. The molecule has 0 N–H and O–H groups in total. The van der Waals surface area contributed by atoms with Gasteiger partial charge in [-0.05, 0) is 54.7 Å². The number of rotatable bonds is 1. The van der Waals surface area contributed by atoms with Gasteiger partial charge in [0, 0.05) is 0 Å². The maximum atomic E-state index is 4.00. The van der Waals surface area contributed by atoms with E-state index in [1.165, 1.54) is 27.8 Å². The molecule has 0 bridgehead atoms. The molecule has 0 saturated heterocycles. The van der Waals surface area contributed by atoms with Crippen LogP contribution in [0.4, 0.5) is 0 Å². The van der Waals surface area contributed by atoms with Gasteiger partial charge in [0.1, 0.15) is 0 Å². The molecule has 0 aromatic carbocycles. The van der Waals surface area contributed by atoms with E-state index in [-0.39, 0.29) is 0 Å². The Morgan fingerprint density at radius 1 is 0.933 bits per heavy atom. The van der Waals surface area contributed by atoms with E-state index in [2.05, 4.69) is 57.7 Å². The number of allylic oxidation sites excluding steroid dienone is 1. The van der Waals surface area contributed by atoms with E-state index in [0.717, 1.165) is 5.57 Å². The van der Waals surface area contributed by atoms with Gasteiger partial charge in [-0.25, -0.2) is 0 Å². The number of aryl methyl sites for hydroxylation is 2. The molecule has 0 aliphatic heterocycles. The highest BCUT2D eigenvalue weighted by atomic mass is 14.1. The van der Waals surface area contributed by atoms with E-state index < -0.39 is 0 Å². The zero-order valence-electron chi connectivity index (χ0n) is 9.59. The normalized spacial score (nSPS) is 10.6. The average molecular weight is 196 g/mol. The van der Waals surface area contributed by atoms with Gasteiger partial charge in [-0.3, -0.25) is 0 Å². The molecular weight excluding hydrogens is 180 g/mol.